The van der Waals surface area contributed by atoms with Crippen molar-refractivity contribution in [2.24, 2.45) is 0 Å². The zero-order valence-electron chi connectivity index (χ0n) is 68.7. The predicted octanol–water partition coefficient (Wildman–Crippen LogP) is 25.0. The quantitative estimate of drug-likeness (QED) is 0.0169. The van der Waals surface area contributed by atoms with Gasteiger partial charge in [-0.15, -0.1) is 0 Å². The fourth-order valence-corrected chi connectivity index (χ4v) is 11.6. The highest BCUT2D eigenvalue weighted by atomic mass is 31.2. The summed E-state index contributed by atoms with van der Waals surface area (Å²) in [5, 5.41) is 10.7. The van der Waals surface area contributed by atoms with Crippen molar-refractivity contribution < 1.29 is 80.2 Å². The van der Waals surface area contributed by atoms with Crippen LogP contribution in [0, 0.1) is 0 Å². The van der Waals surface area contributed by atoms with E-state index in [9.17, 15) is 43.2 Å². The molecule has 0 aliphatic heterocycles. The first-order valence-corrected chi connectivity index (χ1v) is 44.6. The lowest BCUT2D eigenvalue weighted by Gasteiger charge is -2.21. The van der Waals surface area contributed by atoms with Gasteiger partial charge >= 0.3 is 39.5 Å². The number of aliphatic hydroxyl groups excluding tert-OH is 1. The molecule has 0 heterocycles. The van der Waals surface area contributed by atoms with E-state index in [1.807, 2.05) is 36.5 Å². The summed E-state index contributed by atoms with van der Waals surface area (Å²) >= 11 is 0. The highest BCUT2D eigenvalue weighted by molar-refractivity contribution is 7.47. The average molecular weight is 1600 g/mol. The number of carbonyl (C=O) groups excluding carboxylic acids is 4. The van der Waals surface area contributed by atoms with Gasteiger partial charge in [0.25, 0.3) is 0 Å². The summed E-state index contributed by atoms with van der Waals surface area (Å²) in [7, 11) is -10.0. The molecule has 0 saturated heterocycles. The third-order valence-electron chi connectivity index (χ3n) is 16.1. The molecule has 0 amide bonds. The van der Waals surface area contributed by atoms with Crippen molar-refractivity contribution in [1.29, 1.82) is 0 Å². The Morgan fingerprint density at radius 3 is 0.705 bits per heavy atom. The molecule has 628 valence electrons. The highest BCUT2D eigenvalue weighted by Crippen LogP contribution is 2.45. The minimum atomic E-state index is -5.02. The zero-order valence-corrected chi connectivity index (χ0v) is 70.5. The minimum Gasteiger partial charge on any atom is -0.462 e. The normalized spacial score (nSPS) is 15.0. The third-order valence-corrected chi connectivity index (χ3v) is 18.0. The second-order valence-electron chi connectivity index (χ2n) is 26.5. The standard InChI is InChI=1S/C93H144O17P2/c1-5-9-13-17-21-25-29-33-37-41-43-47-49-53-57-61-65-69-73-77-90(95)103-83-88(109-92(97)79-75-71-67-63-59-55-51-45-39-35-31-27-23-19-15-11-7-3)85-107-111(99,100)105-81-87(94)82-106-112(101,102)108-86-89(110-93(98)80-76-72-68-64-60-56-52-46-40-36-32-28-24-20-16-12-8-4)84-104-91(96)78-74-70-66-62-58-54-50-48-44-42-38-34-30-26-22-18-14-10-6-2/h9-16,21-28,33-40,43-44,47-48,51,53-55,57-58,65-66,69-70,87-89,94H,5-8,17-20,29-32,41-42,45-46,49-50,52,56,59-64,67-68,71-86H2,1-4H3,(H,99,100)(H,101,102)/b13-9-,14-10-,15-11-,16-12-,25-21-,26-22-,27-23-,28-24-,37-33-,38-34-,39-35-,40-36-,47-43-,48-44-,55-51-,57-53-,58-54-,69-65-,70-66-. The van der Waals surface area contributed by atoms with Crippen LogP contribution in [0.3, 0.4) is 0 Å². The number of allylic oxidation sites excluding steroid dienone is 38. The molecule has 0 aromatic heterocycles. The van der Waals surface area contributed by atoms with E-state index in [-0.39, 0.29) is 25.7 Å². The van der Waals surface area contributed by atoms with Crippen molar-refractivity contribution in [2.75, 3.05) is 39.6 Å². The van der Waals surface area contributed by atoms with Crippen LogP contribution in [0.4, 0.5) is 0 Å². The second-order valence-corrected chi connectivity index (χ2v) is 29.4. The number of hydrogen-bond acceptors (Lipinski definition) is 15. The van der Waals surface area contributed by atoms with E-state index in [0.29, 0.717) is 38.5 Å². The van der Waals surface area contributed by atoms with Gasteiger partial charge in [-0.3, -0.25) is 37.3 Å². The molecular weight excluding hydrogens is 1450 g/mol. The molecule has 0 radical (unpaired) electrons. The van der Waals surface area contributed by atoms with Crippen LogP contribution in [0.25, 0.3) is 0 Å². The molecule has 0 aliphatic rings. The number of unbranched alkanes of at least 4 members (excludes halogenated alkanes) is 11. The van der Waals surface area contributed by atoms with Crippen LogP contribution in [-0.4, -0.2) is 96.7 Å². The van der Waals surface area contributed by atoms with Gasteiger partial charge in [0.1, 0.15) is 19.3 Å². The molecule has 0 fully saturated rings. The SMILES string of the molecule is CC/C=C\C/C=C\C/C=C\C/C=C\C/C=C\C/C=C\CCC(=O)OCC(COP(=O)(O)OCC(O)COP(=O)(O)OCC(COC(=O)CC/C=C\C/C=C\C/C=C\C/C=C\C/C=C\C/C=C\CC)OC(=O)CCCCCCCCC/C=C\C/C=C\C/C=C\CC)OC(=O)CCCCCC/C=C\C/C=C\C/C=C\C/C=C\CC. The Balaban J connectivity index is 5.58. The van der Waals surface area contributed by atoms with Gasteiger partial charge < -0.3 is 33.8 Å². The first-order chi connectivity index (χ1) is 54.7. The number of esters is 4. The van der Waals surface area contributed by atoms with Crippen molar-refractivity contribution in [1.82, 2.24) is 0 Å². The van der Waals surface area contributed by atoms with Crippen molar-refractivity contribution in [3.63, 3.8) is 0 Å². The Bertz CT molecular complexity index is 3040. The maximum atomic E-state index is 13.1. The first-order valence-electron chi connectivity index (χ1n) is 41.6. The molecule has 19 heteroatoms. The largest absolute Gasteiger partial charge is 0.472 e. The predicted molar refractivity (Wildman–Crippen MR) is 463 cm³/mol. The van der Waals surface area contributed by atoms with Gasteiger partial charge in [0.05, 0.1) is 26.4 Å². The van der Waals surface area contributed by atoms with Crippen LogP contribution in [0.1, 0.15) is 272 Å². The van der Waals surface area contributed by atoms with E-state index in [1.54, 1.807) is 0 Å². The molecular formula is C93H144O17P2. The Labute approximate surface area is 676 Å². The van der Waals surface area contributed by atoms with Crippen LogP contribution in [0.5, 0.6) is 0 Å². The van der Waals surface area contributed by atoms with Gasteiger partial charge in [0, 0.05) is 25.7 Å². The lowest BCUT2D eigenvalue weighted by atomic mass is 10.1. The molecule has 0 aromatic carbocycles. The summed E-state index contributed by atoms with van der Waals surface area (Å²) in [6, 6.07) is 0. The molecule has 112 heavy (non-hydrogen) atoms. The molecule has 0 aromatic rings. The molecule has 17 nitrogen and oxygen atoms in total. The first kappa shape index (κ1) is 105. The summed E-state index contributed by atoms with van der Waals surface area (Å²) in [5.74, 6) is -2.44. The molecule has 0 bridgehead atoms. The fourth-order valence-electron chi connectivity index (χ4n) is 9.98. The summed E-state index contributed by atoms with van der Waals surface area (Å²) in [4.78, 5) is 73.2. The molecule has 5 atom stereocenters. The number of ether oxygens (including phenoxy) is 4. The van der Waals surface area contributed by atoms with Gasteiger partial charge in [-0.1, -0.05) is 304 Å². The number of rotatable bonds is 75. The number of phosphoric acid groups is 2. The fraction of sp³-hybridized carbons (Fsp3) is 0.548. The van der Waals surface area contributed by atoms with Crippen LogP contribution in [-0.2, 0) is 65.4 Å². The van der Waals surface area contributed by atoms with Gasteiger partial charge in [-0.2, -0.15) is 0 Å². The number of carbonyl (C=O) groups is 4. The lowest BCUT2D eigenvalue weighted by Crippen LogP contribution is -2.30. The molecule has 0 aliphatic carbocycles. The van der Waals surface area contributed by atoms with Gasteiger partial charge in [0.2, 0.25) is 0 Å². The smallest absolute Gasteiger partial charge is 0.462 e. The molecule has 0 spiro atoms. The Hall–Kier alpha value is -6.88. The Kier molecular flexibility index (Phi) is 77.1. The van der Waals surface area contributed by atoms with Crippen molar-refractivity contribution >= 4 is 39.5 Å². The van der Waals surface area contributed by atoms with E-state index in [2.05, 4.69) is 222 Å². The zero-order chi connectivity index (χ0) is 81.7. The molecule has 0 rings (SSSR count). The highest BCUT2D eigenvalue weighted by Gasteiger charge is 2.30. The summed E-state index contributed by atoms with van der Waals surface area (Å²) < 4.78 is 68.6. The van der Waals surface area contributed by atoms with Gasteiger partial charge in [-0.25, -0.2) is 9.13 Å². The maximum Gasteiger partial charge on any atom is 0.472 e. The molecule has 0 saturated carbocycles. The van der Waals surface area contributed by atoms with E-state index in [1.165, 1.54) is 0 Å². The minimum absolute atomic E-state index is 0.0189. The van der Waals surface area contributed by atoms with Gasteiger partial charge in [0.15, 0.2) is 12.2 Å². The topological polar surface area (TPSA) is 237 Å². The van der Waals surface area contributed by atoms with E-state index < -0.39 is 97.5 Å². The summed E-state index contributed by atoms with van der Waals surface area (Å²) in [5.41, 5.74) is 0. The lowest BCUT2D eigenvalue weighted by molar-refractivity contribution is -0.161. The summed E-state index contributed by atoms with van der Waals surface area (Å²) in [6.45, 7) is 4.18. The van der Waals surface area contributed by atoms with Gasteiger partial charge in [-0.05, 0) is 173 Å². The van der Waals surface area contributed by atoms with Crippen molar-refractivity contribution in [3.8, 4) is 0 Å². The maximum absolute atomic E-state index is 13.1. The van der Waals surface area contributed by atoms with Crippen LogP contribution in [0.15, 0.2) is 231 Å². The second kappa shape index (κ2) is 82.1. The molecule has 3 N–H and O–H groups in total. The van der Waals surface area contributed by atoms with E-state index >= 15 is 0 Å². The third kappa shape index (κ3) is 81.1. The van der Waals surface area contributed by atoms with Crippen molar-refractivity contribution in [2.45, 2.75) is 290 Å². The average Bonchev–Trinajstić information content (AvgIpc) is 0.895. The summed E-state index contributed by atoms with van der Waals surface area (Å²) in [6.07, 6.45) is 106. The van der Waals surface area contributed by atoms with E-state index in [0.717, 1.165) is 180 Å². The number of aliphatic hydroxyl groups is 1. The number of hydrogen-bond donors (Lipinski definition) is 3. The number of phosphoric ester groups is 2. The van der Waals surface area contributed by atoms with Crippen LogP contribution >= 0.6 is 15.6 Å². The van der Waals surface area contributed by atoms with Crippen LogP contribution in [0.2, 0.25) is 0 Å². The Morgan fingerprint density at radius 2 is 0.455 bits per heavy atom. The molecule has 5 unspecified atom stereocenters. The van der Waals surface area contributed by atoms with E-state index in [4.69, 9.17) is 37.0 Å². The van der Waals surface area contributed by atoms with Crippen molar-refractivity contribution in [3.05, 3.63) is 231 Å². The Morgan fingerprint density at radius 1 is 0.250 bits per heavy atom. The monoisotopic (exact) mass is 1590 g/mol. The van der Waals surface area contributed by atoms with Crippen LogP contribution < -0.4 is 0 Å².